The molecular weight excluding hydrogens is 238 g/mol. The molecule has 1 atom stereocenters. The Morgan fingerprint density at radius 2 is 2.35 bits per heavy atom. The van der Waals surface area contributed by atoms with Crippen LogP contribution in [-0.4, -0.2) is 29.1 Å². The lowest BCUT2D eigenvalue weighted by Crippen LogP contribution is -2.32. The molecule has 3 nitrogen and oxygen atoms in total. The van der Waals surface area contributed by atoms with E-state index in [1.165, 1.54) is 0 Å². The SMILES string of the molecule is C#CCN(CC(=O)O)C(C)c1cccc(Cl)c1. The van der Waals surface area contributed by atoms with Crippen molar-refractivity contribution in [2.24, 2.45) is 0 Å². The van der Waals surface area contributed by atoms with Crippen LogP contribution in [0, 0.1) is 12.3 Å². The van der Waals surface area contributed by atoms with Crippen molar-refractivity contribution >= 4 is 17.6 Å². The molecule has 0 aliphatic heterocycles. The van der Waals surface area contributed by atoms with Crippen LogP contribution in [0.2, 0.25) is 5.02 Å². The number of aliphatic carboxylic acids is 1. The minimum absolute atomic E-state index is 0.0825. The standard InChI is InChI=1S/C13H14ClNO2/c1-3-7-15(9-13(16)17)10(2)11-5-4-6-12(14)8-11/h1,4-6,8,10H,7,9H2,2H3,(H,16,17). The highest BCUT2D eigenvalue weighted by Gasteiger charge is 2.17. The molecular formula is C13H14ClNO2. The van der Waals surface area contributed by atoms with E-state index in [0.29, 0.717) is 11.6 Å². The van der Waals surface area contributed by atoms with Crippen LogP contribution < -0.4 is 0 Å². The lowest BCUT2D eigenvalue weighted by Gasteiger charge is -2.25. The zero-order valence-electron chi connectivity index (χ0n) is 9.56. The Balaban J connectivity index is 2.87. The van der Waals surface area contributed by atoms with E-state index in [4.69, 9.17) is 23.1 Å². The van der Waals surface area contributed by atoms with E-state index < -0.39 is 5.97 Å². The Hall–Kier alpha value is -1.50. The van der Waals surface area contributed by atoms with E-state index in [1.807, 2.05) is 25.1 Å². The van der Waals surface area contributed by atoms with Gasteiger partial charge in [-0.1, -0.05) is 29.7 Å². The van der Waals surface area contributed by atoms with E-state index in [2.05, 4.69) is 5.92 Å². The first-order valence-electron chi connectivity index (χ1n) is 5.19. The fourth-order valence-corrected chi connectivity index (χ4v) is 1.80. The molecule has 1 rings (SSSR count). The molecule has 0 fully saturated rings. The number of hydrogen-bond acceptors (Lipinski definition) is 2. The van der Waals surface area contributed by atoms with Gasteiger partial charge in [-0.3, -0.25) is 9.69 Å². The maximum absolute atomic E-state index is 10.8. The number of carbonyl (C=O) groups is 1. The molecule has 0 heterocycles. The lowest BCUT2D eigenvalue weighted by molar-refractivity contribution is -0.138. The smallest absolute Gasteiger partial charge is 0.317 e. The molecule has 1 aromatic carbocycles. The number of halogens is 1. The summed E-state index contributed by atoms with van der Waals surface area (Å²) in [4.78, 5) is 12.5. The summed E-state index contributed by atoms with van der Waals surface area (Å²) in [6.45, 7) is 2.11. The van der Waals surface area contributed by atoms with Crippen LogP contribution in [0.3, 0.4) is 0 Å². The normalized spacial score (nSPS) is 12.1. The predicted octanol–water partition coefficient (Wildman–Crippen LogP) is 2.42. The van der Waals surface area contributed by atoms with Gasteiger partial charge in [-0.25, -0.2) is 0 Å². The molecule has 0 amide bonds. The largest absolute Gasteiger partial charge is 0.480 e. The summed E-state index contributed by atoms with van der Waals surface area (Å²) in [6, 6.07) is 7.25. The van der Waals surface area contributed by atoms with Gasteiger partial charge >= 0.3 is 5.97 Å². The molecule has 1 aromatic rings. The van der Waals surface area contributed by atoms with Crippen LogP contribution in [0.5, 0.6) is 0 Å². The molecule has 17 heavy (non-hydrogen) atoms. The van der Waals surface area contributed by atoms with Crippen molar-refractivity contribution in [3.05, 3.63) is 34.9 Å². The maximum atomic E-state index is 10.8. The first-order valence-corrected chi connectivity index (χ1v) is 5.57. The van der Waals surface area contributed by atoms with Crippen molar-refractivity contribution < 1.29 is 9.90 Å². The molecule has 90 valence electrons. The zero-order valence-corrected chi connectivity index (χ0v) is 10.3. The average molecular weight is 252 g/mol. The maximum Gasteiger partial charge on any atom is 0.317 e. The van der Waals surface area contributed by atoms with Gasteiger partial charge in [-0.05, 0) is 24.6 Å². The van der Waals surface area contributed by atoms with Crippen LogP contribution in [0.25, 0.3) is 0 Å². The number of carboxylic acids is 1. The highest BCUT2D eigenvalue weighted by Crippen LogP contribution is 2.22. The van der Waals surface area contributed by atoms with E-state index in [1.54, 1.807) is 11.0 Å². The molecule has 0 radical (unpaired) electrons. The van der Waals surface area contributed by atoms with E-state index in [0.717, 1.165) is 5.56 Å². The Labute approximate surface area is 106 Å². The van der Waals surface area contributed by atoms with Crippen molar-refractivity contribution in [3.63, 3.8) is 0 Å². The lowest BCUT2D eigenvalue weighted by atomic mass is 10.1. The fraction of sp³-hybridized carbons (Fsp3) is 0.308. The monoisotopic (exact) mass is 251 g/mol. The first-order chi connectivity index (χ1) is 8.04. The summed E-state index contributed by atoms with van der Waals surface area (Å²) < 4.78 is 0. The highest BCUT2D eigenvalue weighted by atomic mass is 35.5. The molecule has 4 heteroatoms. The van der Waals surface area contributed by atoms with Crippen molar-refractivity contribution in [3.8, 4) is 12.3 Å². The van der Waals surface area contributed by atoms with Crippen molar-refractivity contribution in [2.45, 2.75) is 13.0 Å². The van der Waals surface area contributed by atoms with Gasteiger partial charge in [0.1, 0.15) is 0 Å². The summed E-state index contributed by atoms with van der Waals surface area (Å²) in [7, 11) is 0. The zero-order chi connectivity index (χ0) is 12.8. The fourth-order valence-electron chi connectivity index (χ4n) is 1.60. The summed E-state index contributed by atoms with van der Waals surface area (Å²) in [5.74, 6) is 1.57. The minimum Gasteiger partial charge on any atom is -0.480 e. The quantitative estimate of drug-likeness (QED) is 0.817. The second-order valence-corrected chi connectivity index (χ2v) is 4.17. The first kappa shape index (κ1) is 13.6. The van der Waals surface area contributed by atoms with Gasteiger partial charge in [-0.2, -0.15) is 0 Å². The molecule has 0 aliphatic rings. The summed E-state index contributed by atoms with van der Waals surface area (Å²) in [6.07, 6.45) is 5.24. The second kappa shape index (κ2) is 6.29. The van der Waals surface area contributed by atoms with Gasteiger partial charge in [0, 0.05) is 11.1 Å². The molecule has 0 saturated heterocycles. The van der Waals surface area contributed by atoms with E-state index in [-0.39, 0.29) is 12.6 Å². The Morgan fingerprint density at radius 3 is 2.88 bits per heavy atom. The minimum atomic E-state index is -0.894. The number of terminal acetylenes is 1. The van der Waals surface area contributed by atoms with Crippen LogP contribution in [0.15, 0.2) is 24.3 Å². The van der Waals surface area contributed by atoms with Crippen LogP contribution in [0.4, 0.5) is 0 Å². The van der Waals surface area contributed by atoms with Gasteiger partial charge in [-0.15, -0.1) is 6.42 Å². The molecule has 1 unspecified atom stereocenters. The molecule has 0 saturated carbocycles. The summed E-state index contributed by atoms with van der Waals surface area (Å²) in [5.41, 5.74) is 0.953. The highest BCUT2D eigenvalue weighted by molar-refractivity contribution is 6.30. The van der Waals surface area contributed by atoms with Gasteiger partial charge in [0.05, 0.1) is 13.1 Å². The second-order valence-electron chi connectivity index (χ2n) is 3.73. The van der Waals surface area contributed by atoms with Crippen LogP contribution >= 0.6 is 11.6 Å². The number of rotatable bonds is 5. The van der Waals surface area contributed by atoms with Gasteiger partial charge in [0.15, 0.2) is 0 Å². The predicted molar refractivity (Wildman–Crippen MR) is 67.9 cm³/mol. The topological polar surface area (TPSA) is 40.5 Å². The molecule has 1 N–H and O–H groups in total. The van der Waals surface area contributed by atoms with Gasteiger partial charge in [0.2, 0.25) is 0 Å². The van der Waals surface area contributed by atoms with E-state index in [9.17, 15) is 4.79 Å². The Morgan fingerprint density at radius 1 is 1.65 bits per heavy atom. The Kier molecular flexibility index (Phi) is 5.02. The van der Waals surface area contributed by atoms with Crippen molar-refractivity contribution in [1.29, 1.82) is 0 Å². The number of benzene rings is 1. The number of nitrogens with zero attached hydrogens (tertiary/aromatic N) is 1. The summed E-state index contributed by atoms with van der Waals surface area (Å²) >= 11 is 5.90. The van der Waals surface area contributed by atoms with Crippen LogP contribution in [-0.2, 0) is 4.79 Å². The third-order valence-corrected chi connectivity index (χ3v) is 2.75. The molecule has 0 spiro atoms. The van der Waals surface area contributed by atoms with Gasteiger partial charge < -0.3 is 5.11 Å². The third-order valence-electron chi connectivity index (χ3n) is 2.51. The Bertz CT molecular complexity index is 439. The van der Waals surface area contributed by atoms with Crippen LogP contribution in [0.1, 0.15) is 18.5 Å². The van der Waals surface area contributed by atoms with Gasteiger partial charge in [0.25, 0.3) is 0 Å². The van der Waals surface area contributed by atoms with Crippen molar-refractivity contribution in [1.82, 2.24) is 4.90 Å². The molecule has 0 aromatic heterocycles. The summed E-state index contributed by atoms with van der Waals surface area (Å²) in [5, 5.41) is 9.45. The number of hydrogen-bond donors (Lipinski definition) is 1. The third kappa shape index (κ3) is 4.10. The van der Waals surface area contributed by atoms with Crippen molar-refractivity contribution in [2.75, 3.05) is 13.1 Å². The number of carboxylic acid groups (broad SMARTS) is 1. The molecule has 0 aliphatic carbocycles. The average Bonchev–Trinajstić information content (AvgIpc) is 2.27. The molecule has 0 bridgehead atoms. The van der Waals surface area contributed by atoms with E-state index >= 15 is 0 Å².